The number of aryl methyl sites for hydroxylation is 1. The molecule has 0 bridgehead atoms. The number of methoxy groups -OCH3 is 1. The van der Waals surface area contributed by atoms with Crippen molar-refractivity contribution >= 4 is 39.8 Å². The SMILES string of the molecule is COC(=O)c1c(NC(=O)c2cccc(F)c2)sc(C(=O)Nc2ccc(C)cc2)c1C. The normalized spacial score (nSPS) is 10.4. The van der Waals surface area contributed by atoms with E-state index in [4.69, 9.17) is 4.74 Å². The highest BCUT2D eigenvalue weighted by atomic mass is 32.1. The van der Waals surface area contributed by atoms with Crippen LogP contribution < -0.4 is 10.6 Å². The summed E-state index contributed by atoms with van der Waals surface area (Å²) in [6, 6.07) is 12.4. The van der Waals surface area contributed by atoms with Crippen LogP contribution in [-0.2, 0) is 4.74 Å². The summed E-state index contributed by atoms with van der Waals surface area (Å²) in [6.45, 7) is 3.54. The van der Waals surface area contributed by atoms with E-state index in [9.17, 15) is 18.8 Å². The van der Waals surface area contributed by atoms with Crippen LogP contribution in [0.1, 0.15) is 41.5 Å². The zero-order valence-corrected chi connectivity index (χ0v) is 17.4. The number of rotatable bonds is 5. The second-order valence-electron chi connectivity index (χ2n) is 6.54. The van der Waals surface area contributed by atoms with Crippen LogP contribution in [0.5, 0.6) is 0 Å². The summed E-state index contributed by atoms with van der Waals surface area (Å²) < 4.78 is 18.2. The van der Waals surface area contributed by atoms with Gasteiger partial charge >= 0.3 is 5.97 Å². The lowest BCUT2D eigenvalue weighted by Gasteiger charge is -2.06. The van der Waals surface area contributed by atoms with Crippen LogP contribution in [0.15, 0.2) is 48.5 Å². The molecule has 0 saturated heterocycles. The highest BCUT2D eigenvalue weighted by Gasteiger charge is 2.26. The molecule has 1 aromatic heterocycles. The first kappa shape index (κ1) is 21.2. The number of amides is 2. The number of thiophene rings is 1. The molecule has 0 atom stereocenters. The predicted octanol–water partition coefficient (Wildman–Crippen LogP) is 4.80. The minimum atomic E-state index is -0.687. The molecule has 0 unspecified atom stereocenters. The van der Waals surface area contributed by atoms with Gasteiger partial charge in [0, 0.05) is 11.3 Å². The van der Waals surface area contributed by atoms with Gasteiger partial charge in [-0.3, -0.25) is 9.59 Å². The van der Waals surface area contributed by atoms with E-state index in [1.807, 2.05) is 19.1 Å². The number of hydrogen-bond donors (Lipinski definition) is 2. The molecule has 3 aromatic rings. The Balaban J connectivity index is 1.93. The topological polar surface area (TPSA) is 84.5 Å². The predicted molar refractivity (Wildman–Crippen MR) is 114 cm³/mol. The Morgan fingerprint density at radius 3 is 2.30 bits per heavy atom. The maximum atomic E-state index is 13.4. The van der Waals surface area contributed by atoms with E-state index in [-0.39, 0.29) is 21.0 Å². The quantitative estimate of drug-likeness (QED) is 0.574. The molecule has 3 rings (SSSR count). The van der Waals surface area contributed by atoms with Gasteiger partial charge in [-0.15, -0.1) is 11.3 Å². The number of benzene rings is 2. The third-order valence-electron chi connectivity index (χ3n) is 4.37. The van der Waals surface area contributed by atoms with E-state index in [0.29, 0.717) is 11.3 Å². The van der Waals surface area contributed by atoms with E-state index >= 15 is 0 Å². The van der Waals surface area contributed by atoms with Gasteiger partial charge in [-0.25, -0.2) is 9.18 Å². The molecule has 0 spiro atoms. The molecule has 1 heterocycles. The lowest BCUT2D eigenvalue weighted by Crippen LogP contribution is -2.14. The average molecular weight is 426 g/mol. The Hall–Kier alpha value is -3.52. The monoisotopic (exact) mass is 426 g/mol. The fourth-order valence-electron chi connectivity index (χ4n) is 2.80. The highest BCUT2D eigenvalue weighted by molar-refractivity contribution is 7.19. The van der Waals surface area contributed by atoms with Crippen molar-refractivity contribution < 1.29 is 23.5 Å². The van der Waals surface area contributed by atoms with Crippen molar-refractivity contribution in [2.24, 2.45) is 0 Å². The van der Waals surface area contributed by atoms with Crippen LogP contribution in [0.2, 0.25) is 0 Å². The summed E-state index contributed by atoms with van der Waals surface area (Å²) in [6.07, 6.45) is 0. The molecule has 154 valence electrons. The Morgan fingerprint density at radius 2 is 1.67 bits per heavy atom. The fourth-order valence-corrected chi connectivity index (χ4v) is 3.88. The van der Waals surface area contributed by atoms with Gasteiger partial charge in [0.05, 0.1) is 17.6 Å². The van der Waals surface area contributed by atoms with Gasteiger partial charge in [0.1, 0.15) is 10.8 Å². The molecule has 0 aliphatic rings. The average Bonchev–Trinajstić information content (AvgIpc) is 3.05. The minimum absolute atomic E-state index is 0.0845. The number of hydrogen-bond acceptors (Lipinski definition) is 5. The van der Waals surface area contributed by atoms with Crippen LogP contribution in [0, 0.1) is 19.7 Å². The number of nitrogens with one attached hydrogen (secondary N) is 2. The first-order valence-electron chi connectivity index (χ1n) is 8.96. The van der Waals surface area contributed by atoms with Gasteiger partial charge in [0.2, 0.25) is 0 Å². The van der Waals surface area contributed by atoms with Gasteiger partial charge in [-0.05, 0) is 49.7 Å². The molecular weight excluding hydrogens is 407 g/mol. The zero-order valence-electron chi connectivity index (χ0n) is 16.5. The summed E-state index contributed by atoms with van der Waals surface area (Å²) in [5, 5.41) is 5.52. The van der Waals surface area contributed by atoms with Crippen molar-refractivity contribution in [2.75, 3.05) is 17.7 Å². The van der Waals surface area contributed by atoms with Crippen molar-refractivity contribution in [3.8, 4) is 0 Å². The van der Waals surface area contributed by atoms with Gasteiger partial charge in [-0.1, -0.05) is 23.8 Å². The second-order valence-corrected chi connectivity index (χ2v) is 7.56. The van der Waals surface area contributed by atoms with Crippen LogP contribution in [-0.4, -0.2) is 24.9 Å². The summed E-state index contributed by atoms with van der Waals surface area (Å²) in [4.78, 5) is 37.9. The van der Waals surface area contributed by atoms with Crippen LogP contribution in [0.3, 0.4) is 0 Å². The first-order valence-corrected chi connectivity index (χ1v) is 9.78. The van der Waals surface area contributed by atoms with Crippen molar-refractivity contribution in [1.82, 2.24) is 0 Å². The maximum absolute atomic E-state index is 13.4. The molecule has 0 saturated carbocycles. The number of carbonyl (C=O) groups is 3. The molecule has 0 fully saturated rings. The number of carbonyl (C=O) groups excluding carboxylic acids is 3. The van der Waals surface area contributed by atoms with Crippen LogP contribution in [0.25, 0.3) is 0 Å². The maximum Gasteiger partial charge on any atom is 0.341 e. The summed E-state index contributed by atoms with van der Waals surface area (Å²) in [5.41, 5.74) is 2.20. The lowest BCUT2D eigenvalue weighted by molar-refractivity contribution is 0.0601. The van der Waals surface area contributed by atoms with E-state index in [1.54, 1.807) is 19.1 Å². The smallest absolute Gasteiger partial charge is 0.341 e. The van der Waals surface area contributed by atoms with Crippen LogP contribution >= 0.6 is 11.3 Å². The molecule has 30 heavy (non-hydrogen) atoms. The molecule has 0 aliphatic heterocycles. The van der Waals surface area contributed by atoms with Gasteiger partial charge in [-0.2, -0.15) is 0 Å². The largest absolute Gasteiger partial charge is 0.465 e. The van der Waals surface area contributed by atoms with Gasteiger partial charge in [0.15, 0.2) is 0 Å². The van der Waals surface area contributed by atoms with Gasteiger partial charge in [0.25, 0.3) is 11.8 Å². The molecule has 2 aromatic carbocycles. The molecule has 0 radical (unpaired) electrons. The number of esters is 1. The number of ether oxygens (including phenoxy) is 1. The van der Waals surface area contributed by atoms with Crippen molar-refractivity contribution in [1.29, 1.82) is 0 Å². The Kier molecular flexibility index (Phi) is 6.27. The third-order valence-corrected chi connectivity index (χ3v) is 5.57. The van der Waals surface area contributed by atoms with Crippen molar-refractivity contribution in [2.45, 2.75) is 13.8 Å². The molecular formula is C22H19FN2O4S. The molecule has 2 amide bonds. The molecule has 0 aliphatic carbocycles. The second kappa shape index (κ2) is 8.87. The summed E-state index contributed by atoms with van der Waals surface area (Å²) in [5.74, 6) is -2.27. The third kappa shape index (κ3) is 4.55. The summed E-state index contributed by atoms with van der Waals surface area (Å²) in [7, 11) is 1.21. The molecule has 8 heteroatoms. The molecule has 6 nitrogen and oxygen atoms in total. The number of halogens is 1. The minimum Gasteiger partial charge on any atom is -0.465 e. The van der Waals surface area contributed by atoms with E-state index in [1.165, 1.54) is 25.3 Å². The standard InChI is InChI=1S/C22H19FN2O4S/c1-12-7-9-16(10-8-12)24-20(27)18-13(2)17(22(28)29-3)21(30-18)25-19(26)14-5-4-6-15(23)11-14/h4-11H,1-3H3,(H,24,27)(H,25,26). The Labute approximate surface area is 176 Å². The Bertz CT molecular complexity index is 1120. The van der Waals surface area contributed by atoms with Crippen LogP contribution in [0.4, 0.5) is 15.1 Å². The lowest BCUT2D eigenvalue weighted by atomic mass is 10.1. The van der Waals surface area contributed by atoms with Gasteiger partial charge < -0.3 is 15.4 Å². The highest BCUT2D eigenvalue weighted by Crippen LogP contribution is 2.34. The molecule has 2 N–H and O–H groups in total. The Morgan fingerprint density at radius 1 is 0.967 bits per heavy atom. The zero-order chi connectivity index (χ0) is 21.8. The fraction of sp³-hybridized carbons (Fsp3) is 0.136. The van der Waals surface area contributed by atoms with E-state index in [2.05, 4.69) is 10.6 Å². The van der Waals surface area contributed by atoms with E-state index < -0.39 is 23.6 Å². The first-order chi connectivity index (χ1) is 14.3. The van der Waals surface area contributed by atoms with Crippen molar-refractivity contribution in [3.05, 3.63) is 81.5 Å². The summed E-state index contributed by atoms with van der Waals surface area (Å²) >= 11 is 0.949. The van der Waals surface area contributed by atoms with Crippen molar-refractivity contribution in [3.63, 3.8) is 0 Å². The van der Waals surface area contributed by atoms with E-state index in [0.717, 1.165) is 23.0 Å². The number of anilines is 2.